The average molecular weight is 399 g/mol. The minimum Gasteiger partial charge on any atom is -0.394 e. The predicted octanol–water partition coefficient (Wildman–Crippen LogP) is 5.14. The molecular weight excluding hydrogens is 364 g/mol. The van der Waals surface area contributed by atoms with E-state index in [1.165, 1.54) is 0 Å². The highest BCUT2D eigenvalue weighted by molar-refractivity contribution is 5.76. The van der Waals surface area contributed by atoms with Crippen LogP contribution >= 0.6 is 0 Å². The first kappa shape index (κ1) is 26.3. The van der Waals surface area contributed by atoms with Crippen LogP contribution in [0.2, 0.25) is 0 Å². The van der Waals surface area contributed by atoms with Gasteiger partial charge in [0.05, 0.1) is 6.61 Å². The van der Waals surface area contributed by atoms with Gasteiger partial charge in [0, 0.05) is 36.8 Å². The Hall–Kier alpha value is -2.74. The summed E-state index contributed by atoms with van der Waals surface area (Å²) in [6.07, 6.45) is 23.2. The monoisotopic (exact) mass is 398 g/mol. The molecule has 0 aliphatic rings. The molecule has 0 aliphatic carbocycles. The van der Waals surface area contributed by atoms with E-state index in [1.54, 1.807) is 6.92 Å². The lowest BCUT2D eigenvalue weighted by Crippen LogP contribution is -2.34. The fourth-order valence-electron chi connectivity index (χ4n) is 2.16. The lowest BCUT2D eigenvalue weighted by atomic mass is 10.2. The third kappa shape index (κ3) is 21.4. The summed E-state index contributed by atoms with van der Waals surface area (Å²) >= 11 is 0. The van der Waals surface area contributed by atoms with Gasteiger partial charge in [-0.3, -0.25) is 4.79 Å². The molecule has 0 aromatic carbocycles. The molecule has 6 nitrogen and oxygen atoms in total. The summed E-state index contributed by atoms with van der Waals surface area (Å²) in [5, 5.41) is 15.0. The van der Waals surface area contributed by atoms with Crippen molar-refractivity contribution in [2.45, 2.75) is 64.3 Å². The van der Waals surface area contributed by atoms with E-state index >= 15 is 0 Å². The maximum absolute atomic E-state index is 11.5. The molecule has 0 aliphatic heterocycles. The van der Waals surface area contributed by atoms with Crippen LogP contribution in [0.15, 0.2) is 53.7 Å². The van der Waals surface area contributed by atoms with Gasteiger partial charge in [-0.25, -0.2) is 0 Å². The lowest BCUT2D eigenvalue weighted by molar-refractivity contribution is -0.122. The number of rotatable bonds is 15. The Kier molecular flexibility index (Phi) is 19.5. The Morgan fingerprint density at radius 1 is 1.07 bits per heavy atom. The van der Waals surface area contributed by atoms with Gasteiger partial charge in [0.2, 0.25) is 5.91 Å². The molecule has 0 unspecified atom stereocenters. The zero-order valence-electron chi connectivity index (χ0n) is 17.5. The third-order valence-electron chi connectivity index (χ3n) is 3.68. The first-order valence-corrected chi connectivity index (χ1v) is 10.2. The molecule has 0 spiro atoms. The van der Waals surface area contributed by atoms with Gasteiger partial charge >= 0.3 is 0 Å². The molecule has 0 fully saturated rings. The Morgan fingerprint density at radius 3 is 2.31 bits per heavy atom. The van der Waals surface area contributed by atoms with E-state index in [9.17, 15) is 4.79 Å². The maximum atomic E-state index is 11.5. The topological polar surface area (TPSA) is 98.1 Å². The van der Waals surface area contributed by atoms with Crippen LogP contribution in [0.25, 0.3) is 10.4 Å². The smallest absolute Gasteiger partial charge is 0.220 e. The van der Waals surface area contributed by atoms with Crippen LogP contribution in [0.1, 0.15) is 58.3 Å². The molecule has 0 radical (unpaired) electrons. The van der Waals surface area contributed by atoms with Gasteiger partial charge < -0.3 is 10.4 Å². The molecule has 29 heavy (non-hydrogen) atoms. The highest BCUT2D eigenvalue weighted by atomic mass is 16.3. The molecule has 0 saturated heterocycles. The molecule has 0 heterocycles. The number of carbonyl (C=O) groups excluding carboxylic acids is 1. The summed E-state index contributed by atoms with van der Waals surface area (Å²) in [6.45, 7) is 2.19. The summed E-state index contributed by atoms with van der Waals surface area (Å²) in [5.74, 6) is 5.96. The number of unbranched alkanes of at least 4 members (excludes halogenated alkanes) is 1. The van der Waals surface area contributed by atoms with Crippen LogP contribution < -0.4 is 5.32 Å². The summed E-state index contributed by atoms with van der Waals surface area (Å²) in [7, 11) is 0. The molecule has 1 amide bonds. The van der Waals surface area contributed by atoms with Crippen LogP contribution in [0.5, 0.6) is 0 Å². The quantitative estimate of drug-likeness (QED) is 0.0996. The zero-order valence-corrected chi connectivity index (χ0v) is 17.5. The van der Waals surface area contributed by atoms with Crippen molar-refractivity contribution in [3.8, 4) is 11.8 Å². The number of hydrogen-bond donors (Lipinski definition) is 2. The van der Waals surface area contributed by atoms with Crippen molar-refractivity contribution in [3.63, 3.8) is 0 Å². The number of carbonyl (C=O) groups is 1. The van der Waals surface area contributed by atoms with Gasteiger partial charge in [0.25, 0.3) is 0 Å². The fourth-order valence-corrected chi connectivity index (χ4v) is 2.16. The van der Waals surface area contributed by atoms with Crippen LogP contribution in [0, 0.1) is 11.8 Å². The maximum Gasteiger partial charge on any atom is 0.220 e. The number of aliphatic hydroxyl groups is 1. The molecule has 0 rings (SSSR count). The largest absolute Gasteiger partial charge is 0.394 e. The summed E-state index contributed by atoms with van der Waals surface area (Å²) < 4.78 is 0. The third-order valence-corrected chi connectivity index (χ3v) is 3.68. The number of allylic oxidation sites excluding steroid dienone is 8. The normalized spacial score (nSPS) is 12.3. The average Bonchev–Trinajstić information content (AvgIpc) is 2.72. The van der Waals surface area contributed by atoms with Gasteiger partial charge in [-0.1, -0.05) is 59.6 Å². The van der Waals surface area contributed by atoms with Gasteiger partial charge in [0.1, 0.15) is 0 Å². The molecule has 1 atom stereocenters. The van der Waals surface area contributed by atoms with Gasteiger partial charge in [-0.05, 0) is 44.6 Å². The van der Waals surface area contributed by atoms with Crippen LogP contribution in [-0.2, 0) is 4.79 Å². The molecule has 0 aromatic rings. The van der Waals surface area contributed by atoms with Crippen molar-refractivity contribution < 1.29 is 9.90 Å². The number of azide groups is 1. The number of aliphatic hydroxyl groups excluding tert-OH is 1. The molecule has 6 heteroatoms. The van der Waals surface area contributed by atoms with Gasteiger partial charge in [-0.2, -0.15) is 0 Å². The lowest BCUT2D eigenvalue weighted by Gasteiger charge is -2.09. The highest BCUT2D eigenvalue weighted by Gasteiger charge is 2.04. The number of amides is 1. The van der Waals surface area contributed by atoms with Crippen molar-refractivity contribution in [3.05, 3.63) is 59.1 Å². The molecule has 0 bridgehead atoms. The second-order valence-corrected chi connectivity index (χ2v) is 6.40. The van der Waals surface area contributed by atoms with E-state index in [4.69, 9.17) is 10.6 Å². The second-order valence-electron chi connectivity index (χ2n) is 6.40. The van der Waals surface area contributed by atoms with Crippen LogP contribution in [0.4, 0.5) is 0 Å². The summed E-state index contributed by atoms with van der Waals surface area (Å²) in [6, 6.07) is -0.171. The van der Waals surface area contributed by atoms with Crippen molar-refractivity contribution in [2.24, 2.45) is 5.11 Å². The molecule has 0 aromatic heterocycles. The summed E-state index contributed by atoms with van der Waals surface area (Å²) in [4.78, 5) is 14.2. The molecule has 0 saturated carbocycles. The van der Waals surface area contributed by atoms with E-state index < -0.39 is 0 Å². The van der Waals surface area contributed by atoms with E-state index in [-0.39, 0.29) is 18.6 Å². The summed E-state index contributed by atoms with van der Waals surface area (Å²) in [5.41, 5.74) is 8.12. The number of nitrogens with zero attached hydrogens (tertiary/aromatic N) is 3. The standard InChI is InChI=1S/C23H34N4O2/c1-22(21-28)26-23(29)19-17-15-13-11-9-7-5-3-2-4-6-8-10-12-14-16-18-20-25-27-24/h2,4-5,7-8,10-11,13,22,28H,3,6,9,12,15,17-21H2,1H3,(H,26,29)/b4-2+,7-5+,10-8+,13-11+/t22-/m1/s1. The fraction of sp³-hybridized carbons (Fsp3) is 0.522. The first-order chi connectivity index (χ1) is 14.2. The first-order valence-electron chi connectivity index (χ1n) is 10.2. The molecule has 2 N–H and O–H groups in total. The van der Waals surface area contributed by atoms with Crippen molar-refractivity contribution in [2.75, 3.05) is 13.2 Å². The minimum absolute atomic E-state index is 0.00312. The number of hydrogen-bond acceptors (Lipinski definition) is 3. The Morgan fingerprint density at radius 2 is 1.69 bits per heavy atom. The Balaban J connectivity index is 3.58. The Labute approximate surface area is 175 Å². The second kappa shape index (κ2) is 21.6. The zero-order chi connectivity index (χ0) is 21.4. The number of nitrogens with one attached hydrogen (secondary N) is 1. The molecule has 158 valence electrons. The highest BCUT2D eigenvalue weighted by Crippen LogP contribution is 1.99. The molecular formula is C23H34N4O2. The van der Waals surface area contributed by atoms with Crippen molar-refractivity contribution >= 4 is 5.91 Å². The van der Waals surface area contributed by atoms with E-state index in [0.29, 0.717) is 19.4 Å². The van der Waals surface area contributed by atoms with Crippen molar-refractivity contribution in [1.82, 2.24) is 5.32 Å². The predicted molar refractivity (Wildman–Crippen MR) is 120 cm³/mol. The van der Waals surface area contributed by atoms with Crippen LogP contribution in [0.3, 0.4) is 0 Å². The minimum atomic E-state index is -0.171. The SMILES string of the molecule is C[C@H](CO)NC(=O)CCC/C=C/C/C=C/C/C=C/C/C=C/CC#CCCN=[N+]=[N-]. The Bertz CT molecular complexity index is 648. The van der Waals surface area contributed by atoms with Gasteiger partial charge in [0.15, 0.2) is 0 Å². The van der Waals surface area contributed by atoms with Crippen molar-refractivity contribution in [1.29, 1.82) is 0 Å². The van der Waals surface area contributed by atoms with E-state index in [2.05, 4.69) is 69.7 Å². The van der Waals surface area contributed by atoms with Gasteiger partial charge in [-0.15, -0.1) is 5.92 Å². The van der Waals surface area contributed by atoms with E-state index in [0.717, 1.165) is 38.5 Å². The van der Waals surface area contributed by atoms with Crippen LogP contribution in [-0.4, -0.2) is 30.2 Å². The van der Waals surface area contributed by atoms with E-state index in [1.807, 2.05) is 6.08 Å².